The first-order valence-corrected chi connectivity index (χ1v) is 7.03. The van der Waals surface area contributed by atoms with Crippen molar-refractivity contribution in [2.24, 2.45) is 0 Å². The van der Waals surface area contributed by atoms with E-state index < -0.39 is 29.3 Å². The molecule has 1 aromatic rings. The van der Waals surface area contributed by atoms with Gasteiger partial charge in [0.1, 0.15) is 5.70 Å². The Hall–Kier alpha value is -3.16. The third kappa shape index (κ3) is 3.37. The maximum absolute atomic E-state index is 14.6. The van der Waals surface area contributed by atoms with E-state index in [4.69, 9.17) is 9.47 Å². The molecule has 0 bridgehead atoms. The second-order valence-corrected chi connectivity index (χ2v) is 4.73. The highest BCUT2D eigenvalue weighted by Crippen LogP contribution is 2.34. The number of hydrogen-bond acceptors (Lipinski definition) is 6. The molecule has 0 spiro atoms. The quantitative estimate of drug-likeness (QED) is 0.777. The van der Waals surface area contributed by atoms with E-state index in [9.17, 15) is 18.4 Å². The van der Waals surface area contributed by atoms with Crippen molar-refractivity contribution in [2.75, 3.05) is 26.2 Å². The van der Waals surface area contributed by atoms with Crippen LogP contribution in [0.25, 0.3) is 0 Å². The SMILES string of the molecule is COC(=O)C1=C(C(=O)OC)N(c2ccc(F)c(OC)c2F)C=CC=C1. The topological polar surface area (TPSA) is 65.1 Å². The number of carbonyl (C=O) groups excluding carboxylic acids is 2. The lowest BCUT2D eigenvalue weighted by Crippen LogP contribution is -2.27. The van der Waals surface area contributed by atoms with Crippen LogP contribution >= 0.6 is 0 Å². The molecule has 0 radical (unpaired) electrons. The minimum Gasteiger partial charge on any atom is -0.491 e. The fourth-order valence-electron chi connectivity index (χ4n) is 2.25. The zero-order valence-corrected chi connectivity index (χ0v) is 13.7. The highest BCUT2D eigenvalue weighted by atomic mass is 19.1. The van der Waals surface area contributed by atoms with Crippen molar-refractivity contribution in [3.8, 4) is 5.75 Å². The predicted molar refractivity (Wildman–Crippen MR) is 84.7 cm³/mol. The lowest BCUT2D eigenvalue weighted by atomic mass is 10.1. The Labute approximate surface area is 142 Å². The van der Waals surface area contributed by atoms with Gasteiger partial charge in [-0.15, -0.1) is 0 Å². The molecule has 8 heteroatoms. The summed E-state index contributed by atoms with van der Waals surface area (Å²) in [6, 6.07) is 2.09. The molecule has 0 N–H and O–H groups in total. The second-order valence-electron chi connectivity index (χ2n) is 4.73. The molecule has 6 nitrogen and oxygen atoms in total. The normalized spacial score (nSPS) is 13.6. The molecule has 0 saturated carbocycles. The highest BCUT2D eigenvalue weighted by Gasteiger charge is 2.30. The summed E-state index contributed by atoms with van der Waals surface area (Å²) < 4.78 is 42.4. The molecule has 0 aliphatic carbocycles. The smallest absolute Gasteiger partial charge is 0.355 e. The van der Waals surface area contributed by atoms with Crippen molar-refractivity contribution in [1.82, 2.24) is 0 Å². The molecule has 1 aliphatic heterocycles. The maximum atomic E-state index is 14.6. The summed E-state index contributed by atoms with van der Waals surface area (Å²) >= 11 is 0. The van der Waals surface area contributed by atoms with E-state index in [0.717, 1.165) is 38.4 Å². The number of esters is 2. The van der Waals surface area contributed by atoms with E-state index in [1.54, 1.807) is 0 Å². The average molecular weight is 351 g/mol. The summed E-state index contributed by atoms with van der Waals surface area (Å²) in [6.07, 6.45) is 5.59. The van der Waals surface area contributed by atoms with Gasteiger partial charge >= 0.3 is 11.9 Å². The fourth-order valence-corrected chi connectivity index (χ4v) is 2.25. The Bertz CT molecular complexity index is 798. The van der Waals surface area contributed by atoms with Crippen molar-refractivity contribution in [2.45, 2.75) is 0 Å². The van der Waals surface area contributed by atoms with E-state index in [-0.39, 0.29) is 17.0 Å². The lowest BCUT2D eigenvalue weighted by molar-refractivity contribution is -0.139. The van der Waals surface area contributed by atoms with Crippen molar-refractivity contribution in [1.29, 1.82) is 0 Å². The van der Waals surface area contributed by atoms with Gasteiger partial charge in [-0.2, -0.15) is 0 Å². The Balaban J connectivity index is 2.74. The van der Waals surface area contributed by atoms with Gasteiger partial charge in [0, 0.05) is 6.20 Å². The molecule has 0 saturated heterocycles. The molecule has 0 fully saturated rings. The van der Waals surface area contributed by atoms with E-state index in [0.29, 0.717) is 0 Å². The number of anilines is 1. The van der Waals surface area contributed by atoms with Crippen LogP contribution < -0.4 is 9.64 Å². The molecule has 0 amide bonds. The molecular formula is C17H15F2NO5. The Morgan fingerprint density at radius 1 is 1.00 bits per heavy atom. The van der Waals surface area contributed by atoms with Crippen LogP contribution in [0.4, 0.5) is 14.5 Å². The van der Waals surface area contributed by atoms with E-state index in [1.807, 2.05) is 0 Å². The predicted octanol–water partition coefficient (Wildman–Crippen LogP) is 2.46. The van der Waals surface area contributed by atoms with Gasteiger partial charge in [0.2, 0.25) is 0 Å². The van der Waals surface area contributed by atoms with Gasteiger partial charge in [-0.05, 0) is 24.3 Å². The first kappa shape index (κ1) is 18.2. The molecule has 2 rings (SSSR count). The molecule has 0 aromatic heterocycles. The number of hydrogen-bond donors (Lipinski definition) is 0. The van der Waals surface area contributed by atoms with Crippen LogP contribution in [0.15, 0.2) is 47.8 Å². The summed E-state index contributed by atoms with van der Waals surface area (Å²) in [5.74, 6) is -4.29. The minimum absolute atomic E-state index is 0.151. The number of methoxy groups -OCH3 is 3. The number of nitrogens with zero attached hydrogens (tertiary/aromatic N) is 1. The van der Waals surface area contributed by atoms with Crippen LogP contribution in [0.1, 0.15) is 0 Å². The third-order valence-electron chi connectivity index (χ3n) is 3.38. The molecule has 132 valence electrons. The zero-order chi connectivity index (χ0) is 18.6. The third-order valence-corrected chi connectivity index (χ3v) is 3.38. The number of allylic oxidation sites excluding steroid dienone is 2. The van der Waals surface area contributed by atoms with Crippen LogP contribution in [0.5, 0.6) is 5.75 Å². The van der Waals surface area contributed by atoms with E-state index >= 15 is 0 Å². The summed E-state index contributed by atoms with van der Waals surface area (Å²) in [5.41, 5.74) is -0.644. The fraction of sp³-hybridized carbons (Fsp3) is 0.176. The zero-order valence-electron chi connectivity index (χ0n) is 13.7. The Morgan fingerprint density at radius 3 is 2.28 bits per heavy atom. The summed E-state index contributed by atoms with van der Waals surface area (Å²) in [4.78, 5) is 25.3. The van der Waals surface area contributed by atoms with E-state index in [2.05, 4.69) is 4.74 Å². The van der Waals surface area contributed by atoms with Gasteiger partial charge in [0.15, 0.2) is 17.4 Å². The van der Waals surface area contributed by atoms with Crippen molar-refractivity contribution in [3.63, 3.8) is 0 Å². The Morgan fingerprint density at radius 2 is 1.68 bits per heavy atom. The largest absolute Gasteiger partial charge is 0.491 e. The lowest BCUT2D eigenvalue weighted by Gasteiger charge is -2.24. The molecule has 0 unspecified atom stereocenters. The average Bonchev–Trinajstić information content (AvgIpc) is 2.83. The van der Waals surface area contributed by atoms with Crippen molar-refractivity contribution in [3.05, 3.63) is 59.5 Å². The monoisotopic (exact) mass is 351 g/mol. The second kappa shape index (κ2) is 7.61. The van der Waals surface area contributed by atoms with Gasteiger partial charge in [0.05, 0.1) is 32.6 Å². The van der Waals surface area contributed by atoms with Crippen LogP contribution in [0.3, 0.4) is 0 Å². The van der Waals surface area contributed by atoms with Crippen molar-refractivity contribution < 1.29 is 32.6 Å². The number of halogens is 2. The van der Waals surface area contributed by atoms with Gasteiger partial charge < -0.3 is 19.1 Å². The minimum atomic E-state index is -1.04. The summed E-state index contributed by atoms with van der Waals surface area (Å²) in [7, 11) is 3.37. The van der Waals surface area contributed by atoms with Gasteiger partial charge in [-0.25, -0.2) is 18.4 Å². The number of ether oxygens (including phenoxy) is 3. The first-order valence-electron chi connectivity index (χ1n) is 7.03. The van der Waals surface area contributed by atoms with Crippen LogP contribution in [-0.2, 0) is 19.1 Å². The number of rotatable bonds is 4. The molecule has 1 aliphatic rings. The maximum Gasteiger partial charge on any atom is 0.355 e. The van der Waals surface area contributed by atoms with Crippen LogP contribution in [-0.4, -0.2) is 33.3 Å². The Kier molecular flexibility index (Phi) is 5.53. The molecule has 25 heavy (non-hydrogen) atoms. The van der Waals surface area contributed by atoms with Gasteiger partial charge in [0.25, 0.3) is 0 Å². The number of benzene rings is 1. The molecule has 1 aromatic carbocycles. The summed E-state index contributed by atoms with van der Waals surface area (Å²) in [6.45, 7) is 0. The molecular weight excluding hydrogens is 336 g/mol. The molecule has 0 atom stereocenters. The van der Waals surface area contributed by atoms with Crippen molar-refractivity contribution >= 4 is 17.6 Å². The number of carbonyl (C=O) groups is 2. The standard InChI is InChI=1S/C17H15F2NO5/c1-23-15-11(18)7-8-12(13(15)19)20-9-5-4-6-10(16(21)24-2)14(20)17(22)25-3/h4-9H,1-3H3. The van der Waals surface area contributed by atoms with Gasteiger partial charge in [-0.1, -0.05) is 6.08 Å². The van der Waals surface area contributed by atoms with E-state index in [1.165, 1.54) is 24.4 Å². The van der Waals surface area contributed by atoms with Crippen LogP contribution in [0, 0.1) is 11.6 Å². The highest BCUT2D eigenvalue weighted by molar-refractivity contribution is 6.05. The van der Waals surface area contributed by atoms with Crippen LogP contribution in [0.2, 0.25) is 0 Å². The first-order chi connectivity index (χ1) is 12.0. The van der Waals surface area contributed by atoms with Gasteiger partial charge in [-0.3, -0.25) is 0 Å². The summed E-state index contributed by atoms with van der Waals surface area (Å²) in [5, 5.41) is 0. The molecule has 1 heterocycles.